The molecule has 0 atom stereocenters. The molecule has 0 saturated heterocycles. The fraction of sp³-hybridized carbons (Fsp3) is 0.538. The third kappa shape index (κ3) is 3.84. The Morgan fingerprint density at radius 1 is 1.41 bits per heavy atom. The maximum Gasteiger partial charge on any atom is 0.142 e. The summed E-state index contributed by atoms with van der Waals surface area (Å²) in [5.74, 6) is -0.337. The van der Waals surface area contributed by atoms with E-state index in [2.05, 4.69) is 12.2 Å². The van der Waals surface area contributed by atoms with Gasteiger partial charge in [0.05, 0.1) is 5.02 Å². The second-order valence-electron chi connectivity index (χ2n) is 5.02. The largest absolute Gasteiger partial charge is 0.312 e. The van der Waals surface area contributed by atoms with Crippen LogP contribution in [0.4, 0.5) is 4.39 Å². The molecule has 1 aromatic rings. The average Bonchev–Trinajstić information content (AvgIpc) is 2.21. The highest BCUT2D eigenvalue weighted by atomic mass is 35.5. The van der Waals surface area contributed by atoms with Crippen molar-refractivity contribution in [3.8, 4) is 0 Å². The quantitative estimate of drug-likeness (QED) is 0.871. The molecule has 2 rings (SSSR count). The Hall–Kier alpha value is -0.310. The van der Waals surface area contributed by atoms with Crippen LogP contribution in [0.5, 0.6) is 0 Å². The first kappa shape index (κ1) is 14.7. The number of nitrogens with one attached hydrogen (secondary N) is 1. The Morgan fingerprint density at radius 2 is 2.12 bits per heavy atom. The molecule has 0 unspecified atom stereocenters. The molecule has 0 radical (unpaired) electrons. The van der Waals surface area contributed by atoms with Crippen molar-refractivity contribution in [3.05, 3.63) is 34.6 Å². The Kier molecular flexibility index (Phi) is 5.23. The van der Waals surface area contributed by atoms with Gasteiger partial charge >= 0.3 is 0 Å². The number of hydrogen-bond acceptors (Lipinski definition) is 1. The molecule has 17 heavy (non-hydrogen) atoms. The summed E-state index contributed by atoms with van der Waals surface area (Å²) in [7, 11) is 0. The van der Waals surface area contributed by atoms with Crippen LogP contribution in [0, 0.1) is 11.2 Å². The molecule has 0 amide bonds. The highest BCUT2D eigenvalue weighted by Crippen LogP contribution is 2.39. The van der Waals surface area contributed by atoms with Crippen molar-refractivity contribution < 1.29 is 4.39 Å². The van der Waals surface area contributed by atoms with Crippen molar-refractivity contribution in [1.82, 2.24) is 5.32 Å². The fourth-order valence-corrected chi connectivity index (χ4v) is 2.23. The molecule has 1 aliphatic carbocycles. The van der Waals surface area contributed by atoms with E-state index in [0.717, 1.165) is 12.1 Å². The topological polar surface area (TPSA) is 12.0 Å². The Balaban J connectivity index is 0.00000144. The molecule has 1 fully saturated rings. The molecule has 1 aliphatic rings. The normalized spacial score (nSPS) is 17.1. The van der Waals surface area contributed by atoms with Crippen molar-refractivity contribution in [3.63, 3.8) is 0 Å². The predicted octanol–water partition coefficient (Wildman–Crippen LogP) is 4.18. The van der Waals surface area contributed by atoms with E-state index >= 15 is 0 Å². The van der Waals surface area contributed by atoms with Crippen LogP contribution in [0.2, 0.25) is 5.02 Å². The number of hydrogen-bond donors (Lipinski definition) is 1. The SMILES string of the molecule is CC1(CNCc2ccc(Cl)c(F)c2)CCC1.Cl. The van der Waals surface area contributed by atoms with E-state index < -0.39 is 0 Å². The monoisotopic (exact) mass is 277 g/mol. The van der Waals surface area contributed by atoms with Crippen LogP contribution in [-0.4, -0.2) is 6.54 Å². The van der Waals surface area contributed by atoms with Crippen molar-refractivity contribution in [2.45, 2.75) is 32.7 Å². The summed E-state index contributed by atoms with van der Waals surface area (Å²) in [6.07, 6.45) is 3.94. The van der Waals surface area contributed by atoms with E-state index in [1.54, 1.807) is 6.07 Å². The van der Waals surface area contributed by atoms with E-state index in [1.165, 1.54) is 25.3 Å². The summed E-state index contributed by atoms with van der Waals surface area (Å²) in [5, 5.41) is 3.57. The maximum atomic E-state index is 13.2. The first-order valence-electron chi connectivity index (χ1n) is 5.74. The van der Waals surface area contributed by atoms with E-state index in [9.17, 15) is 4.39 Å². The minimum atomic E-state index is -0.337. The molecule has 0 bridgehead atoms. The average molecular weight is 278 g/mol. The van der Waals surface area contributed by atoms with E-state index in [1.807, 2.05) is 6.07 Å². The molecule has 0 aromatic heterocycles. The molecule has 4 heteroatoms. The standard InChI is InChI=1S/C13H17ClFN.ClH/c1-13(5-2-6-13)9-16-8-10-3-4-11(14)12(15)7-10;/h3-4,7,16H,2,5-6,8-9H2,1H3;1H. The van der Waals surface area contributed by atoms with Crippen LogP contribution in [-0.2, 0) is 6.54 Å². The Bertz CT molecular complexity index is 378. The lowest BCUT2D eigenvalue weighted by atomic mass is 9.70. The molecule has 1 N–H and O–H groups in total. The van der Waals surface area contributed by atoms with Crippen LogP contribution >= 0.6 is 24.0 Å². The highest BCUT2D eigenvalue weighted by Gasteiger charge is 2.30. The van der Waals surface area contributed by atoms with Gasteiger partial charge in [0, 0.05) is 13.1 Å². The number of benzene rings is 1. The zero-order chi connectivity index (χ0) is 11.6. The minimum Gasteiger partial charge on any atom is -0.312 e. The zero-order valence-corrected chi connectivity index (χ0v) is 11.5. The number of rotatable bonds is 4. The van der Waals surface area contributed by atoms with Crippen molar-refractivity contribution >= 4 is 24.0 Å². The van der Waals surface area contributed by atoms with Gasteiger partial charge in [-0.2, -0.15) is 0 Å². The van der Waals surface area contributed by atoms with Crippen molar-refractivity contribution in [1.29, 1.82) is 0 Å². The lowest BCUT2D eigenvalue weighted by Gasteiger charge is -2.38. The Morgan fingerprint density at radius 3 is 2.65 bits per heavy atom. The summed E-state index contributed by atoms with van der Waals surface area (Å²) in [6.45, 7) is 4.02. The molecule has 0 aliphatic heterocycles. The second-order valence-corrected chi connectivity index (χ2v) is 5.42. The summed E-state index contributed by atoms with van der Waals surface area (Å²) in [6, 6.07) is 4.97. The van der Waals surface area contributed by atoms with Crippen LogP contribution in [0.3, 0.4) is 0 Å². The molecule has 1 nitrogen and oxygen atoms in total. The van der Waals surface area contributed by atoms with Gasteiger partial charge in [0.25, 0.3) is 0 Å². The first-order valence-corrected chi connectivity index (χ1v) is 6.12. The molecule has 0 heterocycles. The van der Waals surface area contributed by atoms with Crippen molar-refractivity contribution in [2.24, 2.45) is 5.41 Å². The number of halogens is 3. The predicted molar refractivity (Wildman–Crippen MR) is 72.3 cm³/mol. The third-order valence-corrected chi connectivity index (χ3v) is 3.73. The highest BCUT2D eigenvalue weighted by molar-refractivity contribution is 6.30. The summed E-state index contributed by atoms with van der Waals surface area (Å²) < 4.78 is 13.2. The van der Waals surface area contributed by atoms with Gasteiger partial charge in [-0.15, -0.1) is 12.4 Å². The van der Waals surface area contributed by atoms with Gasteiger partial charge in [-0.25, -0.2) is 4.39 Å². The Labute approximate surface area is 113 Å². The lowest BCUT2D eigenvalue weighted by molar-refractivity contribution is 0.156. The second kappa shape index (κ2) is 6.03. The summed E-state index contributed by atoms with van der Waals surface area (Å²) >= 11 is 5.62. The van der Waals surface area contributed by atoms with Crippen LogP contribution < -0.4 is 5.32 Å². The van der Waals surface area contributed by atoms with Gasteiger partial charge < -0.3 is 5.32 Å². The van der Waals surface area contributed by atoms with E-state index in [-0.39, 0.29) is 23.2 Å². The molecule has 1 aromatic carbocycles. The summed E-state index contributed by atoms with van der Waals surface area (Å²) in [5.41, 5.74) is 1.41. The van der Waals surface area contributed by atoms with Gasteiger partial charge in [0.1, 0.15) is 5.82 Å². The summed E-state index contributed by atoms with van der Waals surface area (Å²) in [4.78, 5) is 0. The van der Waals surface area contributed by atoms with Gasteiger partial charge in [-0.05, 0) is 36.0 Å². The third-order valence-electron chi connectivity index (χ3n) is 3.43. The molecular weight excluding hydrogens is 260 g/mol. The molecular formula is C13H18Cl2FN. The van der Waals surface area contributed by atoms with Gasteiger partial charge in [0.15, 0.2) is 0 Å². The van der Waals surface area contributed by atoms with Crippen LogP contribution in [0.1, 0.15) is 31.7 Å². The first-order chi connectivity index (χ1) is 7.59. The van der Waals surface area contributed by atoms with E-state index in [0.29, 0.717) is 12.0 Å². The maximum absolute atomic E-state index is 13.2. The van der Waals surface area contributed by atoms with Crippen LogP contribution in [0.25, 0.3) is 0 Å². The van der Waals surface area contributed by atoms with Gasteiger partial charge in [-0.3, -0.25) is 0 Å². The minimum absolute atomic E-state index is 0. The smallest absolute Gasteiger partial charge is 0.142 e. The van der Waals surface area contributed by atoms with Crippen molar-refractivity contribution in [2.75, 3.05) is 6.54 Å². The van der Waals surface area contributed by atoms with Gasteiger partial charge in [-0.1, -0.05) is 31.0 Å². The van der Waals surface area contributed by atoms with Crippen LogP contribution in [0.15, 0.2) is 18.2 Å². The fourth-order valence-electron chi connectivity index (χ4n) is 2.12. The van der Waals surface area contributed by atoms with Gasteiger partial charge in [0.2, 0.25) is 0 Å². The molecule has 96 valence electrons. The molecule has 0 spiro atoms. The lowest BCUT2D eigenvalue weighted by Crippen LogP contribution is -2.36. The molecule has 1 saturated carbocycles. The zero-order valence-electron chi connectivity index (χ0n) is 9.93. The van der Waals surface area contributed by atoms with E-state index in [4.69, 9.17) is 11.6 Å².